The predicted octanol–water partition coefficient (Wildman–Crippen LogP) is 10.4. The van der Waals surface area contributed by atoms with Crippen LogP contribution in [0.1, 0.15) is 94.3 Å². The van der Waals surface area contributed by atoms with Crippen molar-refractivity contribution in [3.05, 3.63) is 124 Å². The quantitative estimate of drug-likeness (QED) is 0.0472. The number of carbonyl (C=O) groups excluding carboxylic acids is 3. The van der Waals surface area contributed by atoms with E-state index in [0.29, 0.717) is 103 Å². The molecule has 5 aliphatic rings. The number of carbonyl (C=O) groups is 3. The average Bonchev–Trinajstić information content (AvgIpc) is 3.88. The second-order valence-electron chi connectivity index (χ2n) is 19.2. The minimum Gasteiger partial charge on any atom is -0.494 e. The fourth-order valence-electron chi connectivity index (χ4n) is 10.2. The van der Waals surface area contributed by atoms with Crippen LogP contribution in [0.15, 0.2) is 101 Å². The van der Waals surface area contributed by atoms with Gasteiger partial charge in [0.2, 0.25) is 5.91 Å². The summed E-state index contributed by atoms with van der Waals surface area (Å²) in [5, 5.41) is 3.05. The van der Waals surface area contributed by atoms with Crippen molar-refractivity contribution in [3.8, 4) is 28.7 Å². The first-order valence-electron chi connectivity index (χ1n) is 25.4. The van der Waals surface area contributed by atoms with Gasteiger partial charge in [-0.25, -0.2) is 0 Å². The maximum atomic E-state index is 14.1. The van der Waals surface area contributed by atoms with E-state index in [1.165, 1.54) is 19.3 Å². The van der Waals surface area contributed by atoms with E-state index in [1.54, 1.807) is 59.1 Å². The van der Waals surface area contributed by atoms with Gasteiger partial charge in [-0.3, -0.25) is 34.2 Å². The molecule has 10 rings (SSSR count). The zero-order valence-corrected chi connectivity index (χ0v) is 43.0. The topological polar surface area (TPSA) is 167 Å². The summed E-state index contributed by atoms with van der Waals surface area (Å²) >= 11 is 0. The Kier molecular flexibility index (Phi) is 15.9. The third kappa shape index (κ3) is 11.5. The molecule has 3 atom stereocenters. The number of nitrogens with zero attached hydrogens (tertiary/aromatic N) is 4. The summed E-state index contributed by atoms with van der Waals surface area (Å²) in [5.41, 5.74) is 13.8. The molecule has 0 spiro atoms. The third-order valence-electron chi connectivity index (χ3n) is 14.2. The molecular weight excluding hydrogens is 961 g/mol. The van der Waals surface area contributed by atoms with Gasteiger partial charge in [0.25, 0.3) is 11.8 Å². The highest BCUT2D eigenvalue weighted by Crippen LogP contribution is 2.43. The molecule has 0 saturated heterocycles. The Hall–Kier alpha value is -6.49. The second kappa shape index (κ2) is 23.2. The molecule has 73 heavy (non-hydrogen) atoms. The van der Waals surface area contributed by atoms with Crippen LogP contribution < -0.4 is 44.5 Å². The molecule has 5 aromatic carbocycles. The lowest BCUT2D eigenvalue weighted by Crippen LogP contribution is -2.37. The van der Waals surface area contributed by atoms with E-state index < -0.39 is 0 Å². The Morgan fingerprint density at radius 1 is 0.712 bits per heavy atom. The number of aliphatic imine (C=N–C) groups is 2. The number of benzene rings is 5. The summed E-state index contributed by atoms with van der Waals surface area (Å²) in [6, 6.07) is 28.5. The number of amides is 3. The Morgan fingerprint density at radius 3 is 1.82 bits per heavy atom. The van der Waals surface area contributed by atoms with Gasteiger partial charge < -0.3 is 34.7 Å². The lowest BCUT2D eigenvalue weighted by atomic mass is 9.80. The molecule has 5 aromatic rings. The Morgan fingerprint density at radius 2 is 1.27 bits per heavy atom. The second-order valence-corrected chi connectivity index (χ2v) is 21.9. The van der Waals surface area contributed by atoms with E-state index >= 15 is 0 Å². The van der Waals surface area contributed by atoms with Crippen LogP contribution in [0.5, 0.6) is 28.7 Å². The van der Waals surface area contributed by atoms with E-state index in [9.17, 15) is 14.4 Å². The number of rotatable bonds is 23. The van der Waals surface area contributed by atoms with E-state index in [2.05, 4.69) is 5.32 Å². The van der Waals surface area contributed by atoms with Gasteiger partial charge in [-0.15, -0.1) is 0 Å². The largest absolute Gasteiger partial charge is 0.494 e. The highest BCUT2D eigenvalue weighted by atomic mass is 33.1. The molecule has 0 radical (unpaired) electrons. The first kappa shape index (κ1) is 50.1. The number of nitrogens with one attached hydrogen (secondary N) is 1. The SMILES string of the molecule is COc1cc2c(cc1OCc1cc(COc3cc4c(cc3OC)C(=O)N3c5ccccc5CC3C=N4)cc(OCCCCC(=O)NCCSSCCC(N)CC3CCC3)c1)N=CC1Cc3ccccc3N1C2=O. The minimum atomic E-state index is -0.190. The highest BCUT2D eigenvalue weighted by molar-refractivity contribution is 8.76. The number of ether oxygens (including phenoxy) is 5. The summed E-state index contributed by atoms with van der Waals surface area (Å²) in [6.07, 6.45) is 13.0. The zero-order chi connectivity index (χ0) is 50.3. The Balaban J connectivity index is 0.792. The van der Waals surface area contributed by atoms with Gasteiger partial charge in [0.05, 0.1) is 55.4 Å². The van der Waals surface area contributed by atoms with E-state index in [0.717, 1.165) is 63.9 Å². The summed E-state index contributed by atoms with van der Waals surface area (Å²) in [7, 11) is 6.73. The molecule has 3 amide bonds. The molecule has 380 valence electrons. The standard InChI is InChI=1S/C57H62N6O8S2/c1-67-51-28-45-47(60-32-42-26-39-12-3-5-14-49(39)62(42)56(45)65)30-53(51)70-34-37-22-38(25-44(24-37)69-19-8-7-16-55(64)59-18-21-73-72-20-17-41(58)23-36-10-9-11-36)35-71-54-31-48-46(29-52(54)68-2)57(66)63-43(33-61-48)27-40-13-4-6-15-50(40)63/h3-6,12-15,22,24-25,28-33,36,41-43H,7-11,16-21,23,26-27,34-35,58H2,1-2H3,(H,59,64). The van der Waals surface area contributed by atoms with Gasteiger partial charge in [0, 0.05) is 79.3 Å². The van der Waals surface area contributed by atoms with Gasteiger partial charge in [0.1, 0.15) is 19.0 Å². The van der Waals surface area contributed by atoms with Gasteiger partial charge in [-0.2, -0.15) is 0 Å². The lowest BCUT2D eigenvalue weighted by Gasteiger charge is -2.27. The number of hydrogen-bond acceptors (Lipinski definition) is 13. The average molecular weight is 1020 g/mol. The molecule has 4 heterocycles. The first-order valence-corrected chi connectivity index (χ1v) is 27.8. The van der Waals surface area contributed by atoms with Crippen molar-refractivity contribution in [2.24, 2.45) is 21.6 Å². The fourth-order valence-corrected chi connectivity index (χ4v) is 12.2. The smallest absolute Gasteiger partial charge is 0.261 e. The third-order valence-corrected chi connectivity index (χ3v) is 16.6. The maximum absolute atomic E-state index is 14.1. The normalized spacial score (nSPS) is 17.5. The van der Waals surface area contributed by atoms with Crippen molar-refractivity contribution in [2.75, 3.05) is 48.7 Å². The summed E-state index contributed by atoms with van der Waals surface area (Å²) < 4.78 is 30.9. The van der Waals surface area contributed by atoms with Gasteiger partial charge in [-0.05, 0) is 96.3 Å². The number of fused-ring (bicyclic) bond motifs is 8. The van der Waals surface area contributed by atoms with Crippen LogP contribution in [0.3, 0.4) is 0 Å². The molecule has 0 bridgehead atoms. The highest BCUT2D eigenvalue weighted by Gasteiger charge is 2.38. The number of anilines is 2. The first-order chi connectivity index (χ1) is 35.7. The molecule has 14 nitrogen and oxygen atoms in total. The lowest BCUT2D eigenvalue weighted by molar-refractivity contribution is -0.121. The van der Waals surface area contributed by atoms with Crippen LogP contribution in [-0.4, -0.2) is 87.2 Å². The molecule has 16 heteroatoms. The van der Waals surface area contributed by atoms with Crippen LogP contribution in [-0.2, 0) is 30.8 Å². The van der Waals surface area contributed by atoms with Gasteiger partial charge >= 0.3 is 0 Å². The number of unbranched alkanes of at least 4 members (excludes halogenated alkanes) is 1. The number of hydrogen-bond donors (Lipinski definition) is 2. The van der Waals surface area contributed by atoms with Crippen LogP contribution >= 0.6 is 21.6 Å². The number of nitrogens with two attached hydrogens (primary N) is 1. The maximum Gasteiger partial charge on any atom is 0.261 e. The summed E-state index contributed by atoms with van der Waals surface area (Å²) in [4.78, 5) is 54.0. The molecule has 1 aliphatic carbocycles. The molecule has 1 fully saturated rings. The Bertz CT molecular complexity index is 2750. The van der Waals surface area contributed by atoms with Gasteiger partial charge in [-0.1, -0.05) is 77.2 Å². The van der Waals surface area contributed by atoms with E-state index in [4.69, 9.17) is 39.4 Å². The van der Waals surface area contributed by atoms with Crippen molar-refractivity contribution < 1.29 is 38.1 Å². The van der Waals surface area contributed by atoms with Crippen LogP contribution in [0, 0.1) is 5.92 Å². The predicted molar refractivity (Wildman–Crippen MR) is 291 cm³/mol. The molecule has 3 N–H and O–H groups in total. The van der Waals surface area contributed by atoms with Crippen molar-refractivity contribution in [1.29, 1.82) is 0 Å². The van der Waals surface area contributed by atoms with Crippen LogP contribution in [0.25, 0.3) is 0 Å². The molecule has 3 unspecified atom stereocenters. The molecule has 4 aliphatic heterocycles. The summed E-state index contributed by atoms with van der Waals surface area (Å²) in [6.45, 7) is 1.29. The van der Waals surface area contributed by atoms with E-state index in [-0.39, 0.29) is 43.0 Å². The minimum absolute atomic E-state index is 0.0367. The van der Waals surface area contributed by atoms with Crippen molar-refractivity contribution >= 4 is 74.5 Å². The molecule has 1 saturated carbocycles. The Labute approximate surface area is 434 Å². The molecular formula is C57H62N6O8S2. The number of methoxy groups -OCH3 is 2. The monoisotopic (exact) mass is 1020 g/mol. The van der Waals surface area contributed by atoms with Crippen molar-refractivity contribution in [2.45, 2.75) is 95.5 Å². The van der Waals surface area contributed by atoms with Gasteiger partial charge in [0.15, 0.2) is 23.0 Å². The van der Waals surface area contributed by atoms with Crippen molar-refractivity contribution in [3.63, 3.8) is 0 Å². The van der Waals surface area contributed by atoms with Crippen molar-refractivity contribution in [1.82, 2.24) is 5.32 Å². The molecule has 0 aromatic heterocycles. The number of para-hydroxylation sites is 2. The zero-order valence-electron chi connectivity index (χ0n) is 41.4. The van der Waals surface area contributed by atoms with E-state index in [1.807, 2.05) is 90.0 Å². The van der Waals surface area contributed by atoms with Crippen LogP contribution in [0.4, 0.5) is 22.7 Å². The summed E-state index contributed by atoms with van der Waals surface area (Å²) in [5.74, 6) is 4.75. The fraction of sp³-hybridized carbons (Fsp3) is 0.386. The van der Waals surface area contributed by atoms with Crippen LogP contribution in [0.2, 0.25) is 0 Å².